The fraction of sp³-hybridized carbons (Fsp3) is 0.350. The minimum atomic E-state index is -0.487. The molecular weight excluding hydrogens is 379 g/mol. The smallest absolute Gasteiger partial charge is 0.332 e. The van der Waals surface area contributed by atoms with Crippen LogP contribution in [0, 0.1) is 5.82 Å². The molecule has 0 aliphatic carbocycles. The Morgan fingerprint density at radius 3 is 2.55 bits per heavy atom. The van der Waals surface area contributed by atoms with Gasteiger partial charge in [0.25, 0.3) is 5.56 Å². The largest absolute Gasteiger partial charge is 0.488 e. The van der Waals surface area contributed by atoms with Crippen molar-refractivity contribution in [3.8, 4) is 5.75 Å². The number of fused-ring (bicyclic) bond motifs is 1. The number of rotatable bonds is 8. The lowest BCUT2D eigenvalue weighted by molar-refractivity contribution is 0.144. The van der Waals surface area contributed by atoms with Gasteiger partial charge in [0.2, 0.25) is 0 Å². The van der Waals surface area contributed by atoms with Crippen molar-refractivity contribution >= 4 is 23.3 Å². The highest BCUT2D eigenvalue weighted by Crippen LogP contribution is 2.19. The molecule has 3 rings (SSSR count). The van der Waals surface area contributed by atoms with Crippen LogP contribution in [0.3, 0.4) is 0 Å². The van der Waals surface area contributed by atoms with Gasteiger partial charge >= 0.3 is 5.69 Å². The predicted octanol–water partition coefficient (Wildman–Crippen LogP) is 2.26. The summed E-state index contributed by atoms with van der Waals surface area (Å²) in [4.78, 5) is 32.2. The van der Waals surface area contributed by atoms with E-state index in [4.69, 9.17) is 9.47 Å². The van der Waals surface area contributed by atoms with Gasteiger partial charge in [-0.1, -0.05) is 12.1 Å². The van der Waals surface area contributed by atoms with Crippen molar-refractivity contribution in [2.24, 2.45) is 0 Å². The molecule has 2 aromatic heterocycles. The highest BCUT2D eigenvalue weighted by Gasteiger charge is 2.14. The first-order chi connectivity index (χ1) is 14.0. The van der Waals surface area contributed by atoms with E-state index in [1.807, 2.05) is 6.92 Å². The molecular formula is C20H23FN4O4. The Balaban J connectivity index is 1.91. The van der Waals surface area contributed by atoms with Gasteiger partial charge in [-0.3, -0.25) is 13.9 Å². The fourth-order valence-electron chi connectivity index (χ4n) is 2.98. The molecule has 154 valence electrons. The van der Waals surface area contributed by atoms with E-state index in [0.717, 1.165) is 4.57 Å². The molecule has 0 spiro atoms. The van der Waals surface area contributed by atoms with E-state index in [1.165, 1.54) is 16.7 Å². The van der Waals surface area contributed by atoms with E-state index in [2.05, 4.69) is 9.97 Å². The molecule has 0 unspecified atom stereocenters. The molecule has 0 saturated carbocycles. The van der Waals surface area contributed by atoms with Crippen LogP contribution in [0.25, 0.3) is 23.3 Å². The van der Waals surface area contributed by atoms with Gasteiger partial charge in [0.15, 0.2) is 17.2 Å². The third kappa shape index (κ3) is 4.14. The number of hydrogen-bond donors (Lipinski definition) is 1. The van der Waals surface area contributed by atoms with Crippen LogP contribution >= 0.6 is 0 Å². The molecule has 0 radical (unpaired) electrons. The Morgan fingerprint density at radius 2 is 1.90 bits per heavy atom. The van der Waals surface area contributed by atoms with Crippen molar-refractivity contribution in [2.75, 3.05) is 20.3 Å². The SMILES string of the molecule is CCn1c(=O)c2[nH]c(C=Cc3ccc(OCCOC)c(F)c3)nc2n(CC)c1=O. The highest BCUT2D eigenvalue weighted by atomic mass is 19.1. The molecule has 1 aromatic carbocycles. The van der Waals surface area contributed by atoms with Crippen molar-refractivity contribution < 1.29 is 13.9 Å². The summed E-state index contributed by atoms with van der Waals surface area (Å²) in [6.45, 7) is 4.85. The van der Waals surface area contributed by atoms with Gasteiger partial charge in [-0.25, -0.2) is 14.2 Å². The number of ether oxygens (including phenoxy) is 2. The molecule has 0 atom stereocenters. The summed E-state index contributed by atoms with van der Waals surface area (Å²) in [6, 6.07) is 4.59. The fourth-order valence-corrected chi connectivity index (χ4v) is 2.98. The molecule has 29 heavy (non-hydrogen) atoms. The van der Waals surface area contributed by atoms with E-state index in [-0.39, 0.29) is 30.1 Å². The monoisotopic (exact) mass is 402 g/mol. The average Bonchev–Trinajstić information content (AvgIpc) is 3.13. The lowest BCUT2D eigenvalue weighted by atomic mass is 10.2. The number of aromatic nitrogens is 4. The van der Waals surface area contributed by atoms with E-state index >= 15 is 0 Å². The molecule has 0 aliphatic rings. The summed E-state index contributed by atoms with van der Waals surface area (Å²) in [5, 5.41) is 0. The van der Waals surface area contributed by atoms with E-state index in [1.54, 1.807) is 32.3 Å². The molecule has 0 saturated heterocycles. The Kier molecular flexibility index (Phi) is 6.28. The second-order valence-electron chi connectivity index (χ2n) is 6.26. The van der Waals surface area contributed by atoms with E-state index in [0.29, 0.717) is 30.2 Å². The van der Waals surface area contributed by atoms with Gasteiger partial charge in [-0.05, 0) is 37.6 Å². The number of nitrogens with one attached hydrogen (secondary N) is 1. The predicted molar refractivity (Wildman–Crippen MR) is 109 cm³/mol. The van der Waals surface area contributed by atoms with Crippen LogP contribution in [0.2, 0.25) is 0 Å². The number of H-pyrrole nitrogens is 1. The van der Waals surface area contributed by atoms with Crippen molar-refractivity contribution in [3.05, 3.63) is 56.2 Å². The highest BCUT2D eigenvalue weighted by molar-refractivity contribution is 5.75. The Hall–Kier alpha value is -3.20. The molecule has 3 aromatic rings. The van der Waals surface area contributed by atoms with Crippen molar-refractivity contribution in [2.45, 2.75) is 26.9 Å². The molecule has 8 nitrogen and oxygen atoms in total. The Bertz CT molecular complexity index is 1160. The summed E-state index contributed by atoms with van der Waals surface area (Å²) in [5.74, 6) is 0.0573. The quantitative estimate of drug-likeness (QED) is 0.584. The topological polar surface area (TPSA) is 91.1 Å². The lowest BCUT2D eigenvalue weighted by Crippen LogP contribution is -2.39. The summed E-state index contributed by atoms with van der Waals surface area (Å²) in [5.41, 5.74) is 0.371. The first-order valence-electron chi connectivity index (χ1n) is 9.32. The molecule has 0 bridgehead atoms. The van der Waals surface area contributed by atoms with Gasteiger partial charge in [0.1, 0.15) is 17.9 Å². The first kappa shape index (κ1) is 20.5. The van der Waals surface area contributed by atoms with Crippen LogP contribution in [0.5, 0.6) is 5.75 Å². The molecule has 9 heteroatoms. The zero-order valence-electron chi connectivity index (χ0n) is 16.6. The molecule has 0 amide bonds. The normalized spacial score (nSPS) is 11.6. The number of nitrogens with zero attached hydrogens (tertiary/aromatic N) is 3. The maximum absolute atomic E-state index is 14.1. The van der Waals surface area contributed by atoms with Crippen LogP contribution < -0.4 is 16.0 Å². The molecule has 2 heterocycles. The third-order valence-electron chi connectivity index (χ3n) is 4.45. The minimum absolute atomic E-state index is 0.148. The van der Waals surface area contributed by atoms with Crippen LogP contribution in [0.4, 0.5) is 4.39 Å². The Labute approximate surface area is 166 Å². The summed E-state index contributed by atoms with van der Waals surface area (Å²) < 4.78 is 26.9. The zero-order valence-corrected chi connectivity index (χ0v) is 16.6. The summed E-state index contributed by atoms with van der Waals surface area (Å²) in [6.07, 6.45) is 3.28. The molecule has 0 aliphatic heterocycles. The lowest BCUT2D eigenvalue weighted by Gasteiger charge is -2.06. The van der Waals surface area contributed by atoms with Gasteiger partial charge in [-0.15, -0.1) is 0 Å². The van der Waals surface area contributed by atoms with E-state index in [9.17, 15) is 14.0 Å². The number of hydrogen-bond acceptors (Lipinski definition) is 5. The second-order valence-corrected chi connectivity index (χ2v) is 6.26. The van der Waals surface area contributed by atoms with Crippen molar-refractivity contribution in [1.29, 1.82) is 0 Å². The number of benzene rings is 1. The maximum atomic E-state index is 14.1. The Morgan fingerprint density at radius 1 is 1.14 bits per heavy atom. The molecule has 0 fully saturated rings. The average molecular weight is 402 g/mol. The number of aromatic amines is 1. The number of halogens is 1. The van der Waals surface area contributed by atoms with Gasteiger partial charge in [0.05, 0.1) is 6.61 Å². The van der Waals surface area contributed by atoms with Gasteiger partial charge < -0.3 is 14.5 Å². The molecule has 1 N–H and O–H groups in total. The minimum Gasteiger partial charge on any atom is -0.488 e. The third-order valence-corrected chi connectivity index (χ3v) is 4.45. The number of imidazole rings is 1. The van der Waals surface area contributed by atoms with Crippen LogP contribution in [0.15, 0.2) is 27.8 Å². The van der Waals surface area contributed by atoms with E-state index < -0.39 is 11.4 Å². The zero-order chi connectivity index (χ0) is 21.0. The number of methoxy groups -OCH3 is 1. The van der Waals surface area contributed by atoms with Gasteiger partial charge in [-0.2, -0.15) is 0 Å². The first-order valence-corrected chi connectivity index (χ1v) is 9.32. The van der Waals surface area contributed by atoms with Crippen LogP contribution in [-0.2, 0) is 17.8 Å². The van der Waals surface area contributed by atoms with Crippen molar-refractivity contribution in [3.63, 3.8) is 0 Å². The summed E-state index contributed by atoms with van der Waals surface area (Å²) in [7, 11) is 1.54. The summed E-state index contributed by atoms with van der Waals surface area (Å²) >= 11 is 0. The van der Waals surface area contributed by atoms with Gasteiger partial charge in [0, 0.05) is 20.2 Å². The standard InChI is InChI=1S/C20H23FN4O4/c1-4-24-18-17(19(26)25(5-2)20(24)27)22-16(23-18)9-7-13-6-8-15(14(21)12-13)29-11-10-28-3/h6-9,12H,4-5,10-11H2,1-3H3,(H,22,23). The number of aryl methyl sites for hydroxylation is 1. The van der Waals surface area contributed by atoms with Crippen LogP contribution in [-0.4, -0.2) is 39.4 Å². The van der Waals surface area contributed by atoms with Crippen LogP contribution in [0.1, 0.15) is 25.2 Å². The van der Waals surface area contributed by atoms with Crippen molar-refractivity contribution in [1.82, 2.24) is 19.1 Å². The maximum Gasteiger partial charge on any atom is 0.332 e. The second kappa shape index (κ2) is 8.87.